The van der Waals surface area contributed by atoms with Crippen molar-refractivity contribution in [3.05, 3.63) is 85.0 Å². The summed E-state index contributed by atoms with van der Waals surface area (Å²) in [5.74, 6) is -0.800. The number of hydrogen-bond acceptors (Lipinski definition) is 4. The third-order valence-electron chi connectivity index (χ3n) is 5.95. The fourth-order valence-corrected chi connectivity index (χ4v) is 10.3. The summed E-state index contributed by atoms with van der Waals surface area (Å²) >= 11 is 0. The molecule has 1 fully saturated rings. The van der Waals surface area contributed by atoms with Crippen LogP contribution < -0.4 is 0 Å². The lowest BCUT2D eigenvalue weighted by atomic mass is 9.85. The molecule has 2 atom stereocenters. The highest BCUT2D eigenvalue weighted by Crippen LogP contribution is 2.57. The lowest BCUT2D eigenvalue weighted by molar-refractivity contribution is 0.391. The van der Waals surface area contributed by atoms with Gasteiger partial charge in [0, 0.05) is 18.3 Å². The molecule has 1 saturated carbocycles. The first kappa shape index (κ1) is 19.2. The zero-order chi connectivity index (χ0) is 20.0. The Labute approximate surface area is 166 Å². The van der Waals surface area contributed by atoms with Gasteiger partial charge < -0.3 is 0 Å². The Kier molecular flexibility index (Phi) is 4.59. The van der Waals surface area contributed by atoms with E-state index in [-0.39, 0.29) is 22.1 Å². The number of hydrogen-bond donors (Lipinski definition) is 0. The van der Waals surface area contributed by atoms with Crippen LogP contribution in [0.15, 0.2) is 94.8 Å². The Morgan fingerprint density at radius 3 is 1.82 bits per heavy atom. The predicted molar refractivity (Wildman–Crippen MR) is 109 cm³/mol. The fourth-order valence-electron chi connectivity index (χ4n) is 4.64. The average molecular weight is 415 g/mol. The molecule has 0 bridgehead atoms. The summed E-state index contributed by atoms with van der Waals surface area (Å²) in [4.78, 5) is 0.0787. The first-order valence-corrected chi connectivity index (χ1v) is 12.2. The summed E-state index contributed by atoms with van der Waals surface area (Å²) in [7, 11) is -8.38. The molecule has 0 aromatic heterocycles. The number of sulfone groups is 2. The highest BCUT2D eigenvalue weighted by molar-refractivity contribution is 8.10. The molecule has 0 N–H and O–H groups in total. The van der Waals surface area contributed by atoms with Gasteiger partial charge in [-0.25, -0.2) is 16.8 Å². The van der Waals surface area contributed by atoms with E-state index >= 15 is 0 Å². The van der Waals surface area contributed by atoms with Gasteiger partial charge in [-0.1, -0.05) is 60.7 Å². The van der Waals surface area contributed by atoms with Crippen molar-refractivity contribution in [1.29, 1.82) is 0 Å². The molecule has 0 radical (unpaired) electrons. The van der Waals surface area contributed by atoms with Crippen LogP contribution >= 0.6 is 0 Å². The molecule has 0 unspecified atom stereocenters. The maximum atomic E-state index is 13.9. The standard InChI is InChI=1S/C22H22O4S2/c1-17-16-22(21-15-9-8-14-20(17)21,27(23,24)18-10-4-2-5-11-18)28(25,26)19-12-6-3-7-13-19/h2-8,10-14,20-21H,1,9,15-16H2/t20-,21+/m0/s1. The van der Waals surface area contributed by atoms with Gasteiger partial charge in [0.1, 0.15) is 0 Å². The normalized spacial score (nSPS) is 24.1. The van der Waals surface area contributed by atoms with E-state index in [2.05, 4.69) is 6.58 Å². The second kappa shape index (κ2) is 6.71. The molecular formula is C22H22O4S2. The SMILES string of the molecule is C=C1CC(S(=O)(=O)c2ccccc2)(S(=O)(=O)c2ccccc2)[C@@H]2CCC=C[C@@H]12. The second-order valence-corrected chi connectivity index (χ2v) is 12.1. The van der Waals surface area contributed by atoms with Crippen LogP contribution in [-0.2, 0) is 19.7 Å². The van der Waals surface area contributed by atoms with Crippen LogP contribution in [0, 0.1) is 11.8 Å². The maximum Gasteiger partial charge on any atom is 0.199 e. The average Bonchev–Trinajstić information content (AvgIpc) is 3.04. The Morgan fingerprint density at radius 2 is 1.32 bits per heavy atom. The van der Waals surface area contributed by atoms with Gasteiger partial charge in [0.2, 0.25) is 0 Å². The molecule has 0 aliphatic heterocycles. The van der Waals surface area contributed by atoms with E-state index in [0.717, 1.165) is 0 Å². The van der Waals surface area contributed by atoms with Gasteiger partial charge in [-0.15, -0.1) is 0 Å². The van der Waals surface area contributed by atoms with Crippen LogP contribution in [0.1, 0.15) is 19.3 Å². The fraction of sp³-hybridized carbons (Fsp3) is 0.273. The summed E-state index contributed by atoms with van der Waals surface area (Å²) in [6.07, 6.45) is 5.00. The van der Waals surface area contributed by atoms with Crippen LogP contribution in [0.2, 0.25) is 0 Å². The van der Waals surface area contributed by atoms with E-state index in [9.17, 15) is 16.8 Å². The summed E-state index contributed by atoms with van der Waals surface area (Å²) in [6, 6.07) is 15.8. The maximum absolute atomic E-state index is 13.9. The second-order valence-electron chi connectivity index (χ2n) is 7.42. The highest BCUT2D eigenvalue weighted by Gasteiger charge is 2.66. The number of fused-ring (bicyclic) bond motifs is 1. The van der Waals surface area contributed by atoms with Gasteiger partial charge in [0.05, 0.1) is 9.79 Å². The van der Waals surface area contributed by atoms with Gasteiger partial charge in [0.25, 0.3) is 0 Å². The van der Waals surface area contributed by atoms with Crippen molar-refractivity contribution in [2.75, 3.05) is 0 Å². The van der Waals surface area contributed by atoms with Gasteiger partial charge in [0.15, 0.2) is 23.8 Å². The van der Waals surface area contributed by atoms with Gasteiger partial charge in [-0.3, -0.25) is 0 Å². The van der Waals surface area contributed by atoms with Crippen LogP contribution in [0.25, 0.3) is 0 Å². The van der Waals surface area contributed by atoms with E-state index in [4.69, 9.17) is 0 Å². The summed E-state index contributed by atoms with van der Waals surface area (Å²) < 4.78 is 53.8. The lowest BCUT2D eigenvalue weighted by Gasteiger charge is -2.36. The van der Waals surface area contributed by atoms with E-state index < -0.39 is 29.7 Å². The Morgan fingerprint density at radius 1 is 0.821 bits per heavy atom. The number of allylic oxidation sites excluding steroid dienone is 3. The van der Waals surface area contributed by atoms with Crippen LogP contribution in [0.5, 0.6) is 0 Å². The summed E-state index contributed by atoms with van der Waals surface area (Å²) in [5, 5.41) is 0. The first-order valence-electron chi connectivity index (χ1n) is 9.26. The minimum Gasteiger partial charge on any atom is -0.222 e. The Hall–Kier alpha value is -2.18. The monoisotopic (exact) mass is 414 g/mol. The molecule has 2 aromatic carbocycles. The van der Waals surface area contributed by atoms with Gasteiger partial charge >= 0.3 is 0 Å². The molecule has 146 valence electrons. The van der Waals surface area contributed by atoms with Crippen molar-refractivity contribution in [3.8, 4) is 0 Å². The highest BCUT2D eigenvalue weighted by atomic mass is 32.3. The van der Waals surface area contributed by atoms with Crippen molar-refractivity contribution < 1.29 is 16.8 Å². The minimum absolute atomic E-state index is 0.0394. The third-order valence-corrected chi connectivity index (χ3v) is 11.8. The largest absolute Gasteiger partial charge is 0.222 e. The molecule has 0 heterocycles. The van der Waals surface area contributed by atoms with Crippen LogP contribution in [0.3, 0.4) is 0 Å². The van der Waals surface area contributed by atoms with Crippen molar-refractivity contribution in [1.82, 2.24) is 0 Å². The Balaban J connectivity index is 2.04. The van der Waals surface area contributed by atoms with E-state index in [1.54, 1.807) is 36.4 Å². The van der Waals surface area contributed by atoms with Crippen molar-refractivity contribution in [3.63, 3.8) is 0 Å². The number of benzene rings is 2. The zero-order valence-corrected chi connectivity index (χ0v) is 17.0. The van der Waals surface area contributed by atoms with Crippen molar-refractivity contribution >= 4 is 19.7 Å². The molecule has 2 aliphatic rings. The minimum atomic E-state index is -4.19. The quantitative estimate of drug-likeness (QED) is 0.704. The van der Waals surface area contributed by atoms with Crippen LogP contribution in [0.4, 0.5) is 0 Å². The smallest absolute Gasteiger partial charge is 0.199 e. The Bertz CT molecular complexity index is 1060. The molecule has 0 saturated heterocycles. The molecule has 4 nitrogen and oxygen atoms in total. The summed E-state index contributed by atoms with van der Waals surface area (Å²) in [5.41, 5.74) is 0.667. The first-order chi connectivity index (χ1) is 13.3. The summed E-state index contributed by atoms with van der Waals surface area (Å²) in [6.45, 7) is 4.07. The third kappa shape index (κ3) is 2.54. The van der Waals surface area contributed by atoms with Crippen molar-refractivity contribution in [2.45, 2.75) is 33.1 Å². The molecule has 2 aliphatic carbocycles. The molecular weight excluding hydrogens is 392 g/mol. The van der Waals surface area contributed by atoms with Gasteiger partial charge in [-0.2, -0.15) is 0 Å². The topological polar surface area (TPSA) is 68.3 Å². The molecule has 4 rings (SSSR count). The van der Waals surface area contributed by atoms with Crippen LogP contribution in [-0.4, -0.2) is 20.9 Å². The molecule has 0 spiro atoms. The van der Waals surface area contributed by atoms with E-state index in [0.29, 0.717) is 18.4 Å². The molecule has 0 amide bonds. The van der Waals surface area contributed by atoms with Gasteiger partial charge in [-0.05, 0) is 37.1 Å². The predicted octanol–water partition coefficient (Wildman–Crippen LogP) is 4.17. The number of rotatable bonds is 4. The van der Waals surface area contributed by atoms with E-state index in [1.807, 2.05) is 12.2 Å². The molecule has 28 heavy (non-hydrogen) atoms. The molecule has 6 heteroatoms. The zero-order valence-electron chi connectivity index (χ0n) is 15.4. The molecule has 2 aromatic rings. The lowest BCUT2D eigenvalue weighted by Crippen LogP contribution is -2.50. The van der Waals surface area contributed by atoms with E-state index in [1.165, 1.54) is 24.3 Å². The van der Waals surface area contributed by atoms with Crippen molar-refractivity contribution in [2.24, 2.45) is 11.8 Å².